The van der Waals surface area contributed by atoms with E-state index in [0.29, 0.717) is 13.0 Å². The Balaban J connectivity index is 0.989. The molecule has 0 bridgehead atoms. The summed E-state index contributed by atoms with van der Waals surface area (Å²) in [6.07, 6.45) is 26.2. The van der Waals surface area contributed by atoms with Crippen LogP contribution >= 0.6 is 0 Å². The van der Waals surface area contributed by atoms with Gasteiger partial charge >= 0.3 is 0 Å². The van der Waals surface area contributed by atoms with Gasteiger partial charge in [-0.05, 0) is 57.1 Å². The van der Waals surface area contributed by atoms with E-state index in [9.17, 15) is 28.8 Å². The summed E-state index contributed by atoms with van der Waals surface area (Å²) in [4.78, 5) is 77.2. The van der Waals surface area contributed by atoms with Gasteiger partial charge in [0.1, 0.15) is 0 Å². The van der Waals surface area contributed by atoms with Crippen molar-refractivity contribution in [2.45, 2.75) is 161 Å². The molecule has 278 valence electrons. The van der Waals surface area contributed by atoms with Gasteiger partial charge in [0.15, 0.2) is 0 Å². The Labute approximate surface area is 301 Å². The number of imide groups is 1. The molecule has 51 heavy (non-hydrogen) atoms. The van der Waals surface area contributed by atoms with E-state index in [2.05, 4.69) is 0 Å². The van der Waals surface area contributed by atoms with Crippen LogP contribution in [0.15, 0.2) is 43.5 Å². The van der Waals surface area contributed by atoms with Crippen molar-refractivity contribution in [1.29, 1.82) is 0 Å². The van der Waals surface area contributed by atoms with Crippen LogP contribution in [-0.4, -0.2) is 32.4 Å². The van der Waals surface area contributed by atoms with Crippen LogP contribution in [0, 0.1) is 11.8 Å². The van der Waals surface area contributed by atoms with Gasteiger partial charge in [-0.3, -0.25) is 42.8 Å². The molecular formula is C42H59N3O6. The summed E-state index contributed by atoms with van der Waals surface area (Å²) >= 11 is 0. The normalized spacial score (nSPS) is 19.2. The summed E-state index contributed by atoms with van der Waals surface area (Å²) in [5.41, 5.74) is -2.15. The molecule has 0 radical (unpaired) electrons. The van der Waals surface area contributed by atoms with Crippen molar-refractivity contribution in [2.24, 2.45) is 11.8 Å². The number of carbonyl (C=O) groups excluding carboxylic acids is 2. The molecule has 3 unspecified atom stereocenters. The summed E-state index contributed by atoms with van der Waals surface area (Å²) in [6.45, 7) is 6.53. The second-order valence-corrected chi connectivity index (χ2v) is 15.6. The van der Waals surface area contributed by atoms with Gasteiger partial charge < -0.3 is 0 Å². The Bertz CT molecular complexity index is 1810. The molecule has 2 aliphatic rings. The number of rotatable bonds is 21. The molecule has 0 saturated heterocycles. The summed E-state index contributed by atoms with van der Waals surface area (Å²) in [5, 5.41) is 0.894. The number of nitrogens with zero attached hydrogens (tertiary/aromatic N) is 3. The molecule has 5 rings (SSSR count). The zero-order valence-corrected chi connectivity index (χ0v) is 31.3. The molecule has 3 atom stereocenters. The third kappa shape index (κ3) is 8.72. The quantitative estimate of drug-likeness (QED) is 0.0833. The van der Waals surface area contributed by atoms with E-state index in [1.807, 2.05) is 13.8 Å². The van der Waals surface area contributed by atoms with Crippen LogP contribution in [0.3, 0.4) is 0 Å². The van der Waals surface area contributed by atoms with E-state index in [0.717, 1.165) is 54.9 Å². The monoisotopic (exact) mass is 701 g/mol. The molecule has 3 heterocycles. The molecule has 9 nitrogen and oxygen atoms in total. The van der Waals surface area contributed by atoms with Crippen LogP contribution in [0.25, 0.3) is 21.5 Å². The first-order chi connectivity index (χ1) is 24.6. The SMILES string of the molecule is CCn1c(=O)c2cc3c(=O)n(C(C)(CC)CCCCCCCCC4CCCCC4CCCCCCCCN4C(=O)C=CC4=O)c(=O)c3cc2c1=O. The van der Waals surface area contributed by atoms with Crippen molar-refractivity contribution in [3.63, 3.8) is 0 Å². The number of benzene rings is 1. The zero-order valence-electron chi connectivity index (χ0n) is 31.3. The van der Waals surface area contributed by atoms with Crippen LogP contribution < -0.4 is 22.2 Å². The molecule has 2 amide bonds. The second kappa shape index (κ2) is 17.7. The minimum absolute atomic E-state index is 0.174. The number of hydrogen-bond donors (Lipinski definition) is 0. The lowest BCUT2D eigenvalue weighted by molar-refractivity contribution is -0.136. The highest BCUT2D eigenvalue weighted by Gasteiger charge is 2.31. The summed E-state index contributed by atoms with van der Waals surface area (Å²) < 4.78 is 2.54. The molecule has 0 spiro atoms. The van der Waals surface area contributed by atoms with Crippen molar-refractivity contribution in [2.75, 3.05) is 6.54 Å². The highest BCUT2D eigenvalue weighted by atomic mass is 16.2. The first-order valence-corrected chi connectivity index (χ1v) is 20.1. The van der Waals surface area contributed by atoms with Gasteiger partial charge in [-0.1, -0.05) is 116 Å². The van der Waals surface area contributed by atoms with Crippen molar-refractivity contribution in [3.05, 3.63) is 65.7 Å². The zero-order chi connectivity index (χ0) is 36.5. The van der Waals surface area contributed by atoms with Gasteiger partial charge in [0.2, 0.25) is 0 Å². The molecule has 1 aliphatic carbocycles. The minimum Gasteiger partial charge on any atom is -0.275 e. The lowest BCUT2D eigenvalue weighted by Crippen LogP contribution is -2.42. The number of aromatic nitrogens is 2. The number of carbonyl (C=O) groups is 2. The number of unbranched alkanes of at least 4 members (excludes halogenated alkanes) is 10. The van der Waals surface area contributed by atoms with Gasteiger partial charge in [-0.25, -0.2) is 0 Å². The fourth-order valence-corrected chi connectivity index (χ4v) is 8.95. The predicted molar refractivity (Wildman–Crippen MR) is 205 cm³/mol. The fourth-order valence-electron chi connectivity index (χ4n) is 8.95. The maximum Gasteiger partial charge on any atom is 0.262 e. The van der Waals surface area contributed by atoms with E-state index >= 15 is 0 Å². The van der Waals surface area contributed by atoms with E-state index < -0.39 is 16.7 Å². The molecule has 9 heteroatoms. The largest absolute Gasteiger partial charge is 0.275 e. The molecular weight excluding hydrogens is 642 g/mol. The number of fused-ring (bicyclic) bond motifs is 2. The molecule has 1 saturated carbocycles. The van der Waals surface area contributed by atoms with Gasteiger partial charge in [0.05, 0.1) is 21.5 Å². The smallest absolute Gasteiger partial charge is 0.262 e. The molecule has 3 aromatic rings. The first kappa shape index (κ1) is 38.6. The van der Waals surface area contributed by atoms with Gasteiger partial charge in [-0.15, -0.1) is 0 Å². The lowest BCUT2D eigenvalue weighted by atomic mass is 9.74. The standard InChI is InChI=1S/C42H59N3O6/c1-4-42(3,45-40(50)34-28-32-33(29-35(34)41(45)51)39(49)43(5-2)38(32)48)26-18-12-8-6-10-14-20-30-22-16-17-23-31(30)21-15-11-7-9-13-19-27-44-36(46)24-25-37(44)47/h24-25,28-31H,4-23,26-27H2,1-3H3. The third-order valence-electron chi connectivity index (χ3n) is 12.3. The van der Waals surface area contributed by atoms with Crippen molar-refractivity contribution >= 4 is 33.4 Å². The molecule has 1 fully saturated rings. The maximum absolute atomic E-state index is 13.6. The maximum atomic E-state index is 13.6. The molecule has 2 aromatic heterocycles. The predicted octanol–water partition coefficient (Wildman–Crippen LogP) is 7.64. The molecule has 1 aliphatic heterocycles. The Morgan fingerprint density at radius 2 is 1.02 bits per heavy atom. The molecule has 0 N–H and O–H groups in total. The highest BCUT2D eigenvalue weighted by Crippen LogP contribution is 2.37. The van der Waals surface area contributed by atoms with E-state index in [4.69, 9.17) is 0 Å². The first-order valence-electron chi connectivity index (χ1n) is 20.1. The number of hydrogen-bond acceptors (Lipinski definition) is 6. The summed E-state index contributed by atoms with van der Waals surface area (Å²) in [5.74, 6) is 1.40. The van der Waals surface area contributed by atoms with Crippen LogP contribution in [0.5, 0.6) is 0 Å². The minimum atomic E-state index is -0.619. The van der Waals surface area contributed by atoms with Crippen LogP contribution in [0.1, 0.15) is 149 Å². The topological polar surface area (TPSA) is 116 Å². The van der Waals surface area contributed by atoms with Crippen molar-refractivity contribution in [1.82, 2.24) is 14.0 Å². The second-order valence-electron chi connectivity index (χ2n) is 15.6. The Morgan fingerprint density at radius 3 is 1.49 bits per heavy atom. The van der Waals surface area contributed by atoms with E-state index in [1.54, 1.807) is 6.92 Å². The average Bonchev–Trinajstić information content (AvgIpc) is 3.68. The molecule has 1 aromatic carbocycles. The lowest BCUT2D eigenvalue weighted by Gasteiger charge is -2.32. The van der Waals surface area contributed by atoms with Gasteiger partial charge in [-0.2, -0.15) is 0 Å². The number of amides is 2. The van der Waals surface area contributed by atoms with Gasteiger partial charge in [0, 0.05) is 30.8 Å². The van der Waals surface area contributed by atoms with Crippen LogP contribution in [0.4, 0.5) is 0 Å². The fraction of sp³-hybridized carbons (Fsp3) is 0.667. The van der Waals surface area contributed by atoms with Crippen molar-refractivity contribution < 1.29 is 9.59 Å². The highest BCUT2D eigenvalue weighted by molar-refractivity contribution is 6.12. The summed E-state index contributed by atoms with van der Waals surface area (Å²) in [7, 11) is 0. The Kier molecular flexibility index (Phi) is 13.4. The van der Waals surface area contributed by atoms with E-state index in [1.165, 1.54) is 117 Å². The van der Waals surface area contributed by atoms with Crippen LogP contribution in [0.2, 0.25) is 0 Å². The summed E-state index contributed by atoms with van der Waals surface area (Å²) in [6, 6.07) is 2.92. The van der Waals surface area contributed by atoms with Gasteiger partial charge in [0.25, 0.3) is 34.1 Å². The average molecular weight is 702 g/mol. The third-order valence-corrected chi connectivity index (χ3v) is 12.3. The van der Waals surface area contributed by atoms with E-state index in [-0.39, 0.29) is 51.0 Å². The Hall–Kier alpha value is -3.62. The Morgan fingerprint density at radius 1 is 0.588 bits per heavy atom. The van der Waals surface area contributed by atoms with Crippen LogP contribution in [-0.2, 0) is 21.7 Å². The van der Waals surface area contributed by atoms with Crippen molar-refractivity contribution in [3.8, 4) is 0 Å².